The zero-order valence-corrected chi connectivity index (χ0v) is 16.3. The molecule has 1 fully saturated rings. The molecule has 1 N–H and O–H groups in total. The molecule has 0 radical (unpaired) electrons. The summed E-state index contributed by atoms with van der Waals surface area (Å²) in [7, 11) is 0. The van der Waals surface area contributed by atoms with Gasteiger partial charge in [-0.2, -0.15) is 13.2 Å². The molecule has 10 heteroatoms. The lowest BCUT2D eigenvalue weighted by molar-refractivity contribution is -0.137. The van der Waals surface area contributed by atoms with Crippen molar-refractivity contribution in [2.75, 3.05) is 31.1 Å². The summed E-state index contributed by atoms with van der Waals surface area (Å²) in [6.45, 7) is 3.29. The number of hydrogen-bond donors (Lipinski definition) is 1. The number of rotatable bonds is 3. The SMILES string of the molecule is CC(NC(=O)N1CCN(c2ncc(C(F)(F)F)cc2Cl)CC1)c1ccc(F)cc1. The summed E-state index contributed by atoms with van der Waals surface area (Å²) in [5.74, 6) is -0.0849. The number of carbonyl (C=O) groups excluding carboxylic acids is 1. The number of carbonyl (C=O) groups is 1. The van der Waals surface area contributed by atoms with E-state index < -0.39 is 11.7 Å². The van der Waals surface area contributed by atoms with E-state index in [-0.39, 0.29) is 28.7 Å². The van der Waals surface area contributed by atoms with Gasteiger partial charge in [-0.05, 0) is 30.7 Å². The standard InChI is InChI=1S/C19H19ClF4N4O/c1-12(13-2-4-15(21)5-3-13)26-18(29)28-8-6-27(7-9-28)17-16(20)10-14(11-25-17)19(22,23)24/h2-5,10-12H,6-9H2,1H3,(H,26,29). The van der Waals surface area contributed by atoms with E-state index in [2.05, 4.69) is 10.3 Å². The maximum atomic E-state index is 13.0. The van der Waals surface area contributed by atoms with Crippen molar-refractivity contribution in [3.8, 4) is 0 Å². The third-order valence-electron chi connectivity index (χ3n) is 4.73. The molecule has 1 aromatic heterocycles. The van der Waals surface area contributed by atoms with Gasteiger partial charge >= 0.3 is 12.2 Å². The largest absolute Gasteiger partial charge is 0.417 e. The van der Waals surface area contributed by atoms with E-state index in [9.17, 15) is 22.4 Å². The molecule has 0 aliphatic carbocycles. The summed E-state index contributed by atoms with van der Waals surface area (Å²) in [5.41, 5.74) is -0.127. The van der Waals surface area contributed by atoms with Crippen molar-refractivity contribution in [3.05, 3.63) is 58.5 Å². The van der Waals surface area contributed by atoms with Gasteiger partial charge in [0.15, 0.2) is 0 Å². The quantitative estimate of drug-likeness (QED) is 0.730. The number of alkyl halides is 3. The Balaban J connectivity index is 1.57. The second-order valence-electron chi connectivity index (χ2n) is 6.72. The van der Waals surface area contributed by atoms with Crippen molar-refractivity contribution in [1.82, 2.24) is 15.2 Å². The fourth-order valence-electron chi connectivity index (χ4n) is 3.05. The van der Waals surface area contributed by atoms with Crippen molar-refractivity contribution in [1.29, 1.82) is 0 Å². The molecule has 0 saturated carbocycles. The minimum Gasteiger partial charge on any atom is -0.352 e. The average molecular weight is 431 g/mol. The normalized spacial score (nSPS) is 15.9. The lowest BCUT2D eigenvalue weighted by atomic mass is 10.1. The molecular formula is C19H19ClF4N4O. The Bertz CT molecular complexity index is 868. The number of piperazine rings is 1. The molecule has 1 aliphatic heterocycles. The van der Waals surface area contributed by atoms with Gasteiger partial charge in [0.25, 0.3) is 0 Å². The van der Waals surface area contributed by atoms with Gasteiger partial charge in [0.2, 0.25) is 0 Å². The van der Waals surface area contributed by atoms with Crippen LogP contribution in [0, 0.1) is 5.82 Å². The van der Waals surface area contributed by atoms with Crippen LogP contribution in [0.4, 0.5) is 28.2 Å². The lowest BCUT2D eigenvalue weighted by Crippen LogP contribution is -2.52. The molecule has 1 aliphatic rings. The van der Waals surface area contributed by atoms with E-state index in [0.29, 0.717) is 26.2 Å². The van der Waals surface area contributed by atoms with Crippen LogP contribution in [0.15, 0.2) is 36.5 Å². The van der Waals surface area contributed by atoms with Crippen LogP contribution in [0.3, 0.4) is 0 Å². The van der Waals surface area contributed by atoms with Gasteiger partial charge in [-0.25, -0.2) is 14.2 Å². The third kappa shape index (κ3) is 5.09. The Kier molecular flexibility index (Phi) is 6.16. The lowest BCUT2D eigenvalue weighted by Gasteiger charge is -2.36. The molecule has 0 bridgehead atoms. The monoisotopic (exact) mass is 430 g/mol. The highest BCUT2D eigenvalue weighted by molar-refractivity contribution is 6.33. The predicted molar refractivity (Wildman–Crippen MR) is 101 cm³/mol. The number of nitrogens with zero attached hydrogens (tertiary/aromatic N) is 3. The first-order chi connectivity index (χ1) is 13.6. The summed E-state index contributed by atoms with van der Waals surface area (Å²) >= 11 is 5.99. The molecule has 156 valence electrons. The van der Waals surface area contributed by atoms with Crippen molar-refractivity contribution in [2.45, 2.75) is 19.1 Å². The number of benzene rings is 1. The van der Waals surface area contributed by atoms with E-state index in [1.54, 1.807) is 28.9 Å². The smallest absolute Gasteiger partial charge is 0.352 e. The van der Waals surface area contributed by atoms with Crippen molar-refractivity contribution >= 4 is 23.4 Å². The first-order valence-electron chi connectivity index (χ1n) is 8.94. The van der Waals surface area contributed by atoms with Gasteiger partial charge in [-0.3, -0.25) is 0 Å². The predicted octanol–water partition coefficient (Wildman–Crippen LogP) is 4.49. The van der Waals surface area contributed by atoms with Crippen LogP contribution in [-0.4, -0.2) is 42.1 Å². The maximum Gasteiger partial charge on any atom is 0.417 e. The number of anilines is 1. The summed E-state index contributed by atoms with van der Waals surface area (Å²) in [4.78, 5) is 19.7. The zero-order valence-electron chi connectivity index (χ0n) is 15.5. The molecule has 2 amide bonds. The van der Waals surface area contributed by atoms with Crippen LogP contribution in [0.25, 0.3) is 0 Å². The highest BCUT2D eigenvalue weighted by atomic mass is 35.5. The van der Waals surface area contributed by atoms with Gasteiger partial charge < -0.3 is 15.1 Å². The number of halogens is 5. The number of amides is 2. The summed E-state index contributed by atoms with van der Waals surface area (Å²) in [5, 5.41) is 2.77. The molecule has 3 rings (SSSR count). The van der Waals surface area contributed by atoms with E-state index in [1.807, 2.05) is 0 Å². The Hall–Kier alpha value is -2.55. The number of urea groups is 1. The first-order valence-corrected chi connectivity index (χ1v) is 9.31. The fraction of sp³-hybridized carbons (Fsp3) is 0.368. The molecule has 1 aromatic carbocycles. The maximum absolute atomic E-state index is 13.0. The van der Waals surface area contributed by atoms with Crippen LogP contribution in [-0.2, 0) is 6.18 Å². The molecule has 1 atom stereocenters. The average Bonchev–Trinajstić information content (AvgIpc) is 2.68. The Morgan fingerprint density at radius 2 is 1.79 bits per heavy atom. The highest BCUT2D eigenvalue weighted by Gasteiger charge is 2.32. The van der Waals surface area contributed by atoms with Gasteiger partial charge in [0.1, 0.15) is 11.6 Å². The van der Waals surface area contributed by atoms with Gasteiger partial charge in [0, 0.05) is 32.4 Å². The summed E-state index contributed by atoms with van der Waals surface area (Å²) < 4.78 is 51.3. The van der Waals surface area contributed by atoms with E-state index in [0.717, 1.165) is 17.8 Å². The topological polar surface area (TPSA) is 48.5 Å². The molecule has 5 nitrogen and oxygen atoms in total. The number of nitrogens with one attached hydrogen (secondary N) is 1. The van der Waals surface area contributed by atoms with Gasteiger partial charge in [-0.1, -0.05) is 23.7 Å². The van der Waals surface area contributed by atoms with Crippen LogP contribution < -0.4 is 10.2 Å². The second-order valence-corrected chi connectivity index (χ2v) is 7.13. The molecular weight excluding hydrogens is 412 g/mol. The summed E-state index contributed by atoms with van der Waals surface area (Å²) in [6, 6.07) is 6.16. The van der Waals surface area contributed by atoms with Crippen molar-refractivity contribution in [2.24, 2.45) is 0 Å². The van der Waals surface area contributed by atoms with Crippen LogP contribution in [0.2, 0.25) is 5.02 Å². The Labute approximate surface area is 170 Å². The Morgan fingerprint density at radius 3 is 2.34 bits per heavy atom. The second kappa shape index (κ2) is 8.44. The van der Waals surface area contributed by atoms with E-state index >= 15 is 0 Å². The minimum absolute atomic E-state index is 0.0809. The first kappa shape index (κ1) is 21.2. The van der Waals surface area contributed by atoms with Crippen molar-refractivity contribution < 1.29 is 22.4 Å². The van der Waals surface area contributed by atoms with Gasteiger partial charge in [0.05, 0.1) is 16.6 Å². The summed E-state index contributed by atoms with van der Waals surface area (Å²) in [6.07, 6.45) is -3.75. The number of hydrogen-bond acceptors (Lipinski definition) is 3. The zero-order chi connectivity index (χ0) is 21.2. The Morgan fingerprint density at radius 1 is 1.17 bits per heavy atom. The third-order valence-corrected chi connectivity index (χ3v) is 5.00. The molecule has 2 aromatic rings. The van der Waals surface area contributed by atoms with E-state index in [4.69, 9.17) is 11.6 Å². The minimum atomic E-state index is -4.51. The number of aromatic nitrogens is 1. The van der Waals surface area contributed by atoms with E-state index in [1.165, 1.54) is 12.1 Å². The van der Waals surface area contributed by atoms with Crippen molar-refractivity contribution in [3.63, 3.8) is 0 Å². The van der Waals surface area contributed by atoms with Crippen LogP contribution in [0.1, 0.15) is 24.1 Å². The molecule has 1 saturated heterocycles. The highest BCUT2D eigenvalue weighted by Crippen LogP contribution is 2.33. The van der Waals surface area contributed by atoms with Gasteiger partial charge in [-0.15, -0.1) is 0 Å². The number of pyridine rings is 1. The molecule has 0 spiro atoms. The van der Waals surface area contributed by atoms with Crippen LogP contribution in [0.5, 0.6) is 0 Å². The van der Waals surface area contributed by atoms with Crippen LogP contribution >= 0.6 is 11.6 Å². The fourth-order valence-corrected chi connectivity index (χ4v) is 3.34. The molecule has 2 heterocycles. The molecule has 1 unspecified atom stereocenters. The molecule has 29 heavy (non-hydrogen) atoms.